The van der Waals surface area contributed by atoms with Crippen molar-refractivity contribution in [2.24, 2.45) is 5.92 Å². The largest absolute Gasteiger partial charge is 0.492 e. The second kappa shape index (κ2) is 10.6. The smallest absolute Gasteiger partial charge is 0.255 e. The number of alkyl halides is 1. The monoisotopic (exact) mass is 527 g/mol. The van der Waals surface area contributed by atoms with Crippen LogP contribution in [0.1, 0.15) is 53.7 Å². The first kappa shape index (κ1) is 26.0. The Bertz CT molecular complexity index is 1370. The van der Waals surface area contributed by atoms with Crippen molar-refractivity contribution in [3.8, 4) is 17.0 Å². The molecule has 2 aliphatic carbocycles. The third-order valence-corrected chi connectivity index (χ3v) is 7.30. The third-order valence-electron chi connectivity index (χ3n) is 7.30. The highest BCUT2D eigenvalue weighted by atomic mass is 19.1. The Morgan fingerprint density at radius 3 is 2.66 bits per heavy atom. The van der Waals surface area contributed by atoms with E-state index in [1.807, 2.05) is 0 Å². The minimum absolute atomic E-state index is 0.0339. The van der Waals surface area contributed by atoms with Gasteiger partial charge in [-0.2, -0.15) is 0 Å². The molecule has 0 radical (unpaired) electrons. The number of nitrogens with zero attached hydrogens (tertiary/aromatic N) is 2. The number of hydrogen-bond donors (Lipinski definition) is 4. The summed E-state index contributed by atoms with van der Waals surface area (Å²) < 4.78 is 36.3. The fraction of sp³-hybridized carbons (Fsp3) is 0.481. The second-order valence-corrected chi connectivity index (χ2v) is 10.2. The predicted molar refractivity (Wildman–Crippen MR) is 136 cm³/mol. The van der Waals surface area contributed by atoms with Crippen LogP contribution in [0.15, 0.2) is 18.5 Å². The number of aromatic amines is 1. The van der Waals surface area contributed by atoms with Crippen molar-refractivity contribution >= 4 is 22.8 Å². The van der Waals surface area contributed by atoms with Gasteiger partial charge in [0.25, 0.3) is 5.91 Å². The number of rotatable bonds is 8. The molecule has 0 spiro atoms. The van der Waals surface area contributed by atoms with E-state index in [-0.39, 0.29) is 23.2 Å². The van der Waals surface area contributed by atoms with E-state index in [9.17, 15) is 14.0 Å². The van der Waals surface area contributed by atoms with E-state index in [2.05, 4.69) is 25.6 Å². The Morgan fingerprint density at radius 1 is 1.16 bits per heavy atom. The van der Waals surface area contributed by atoms with Crippen molar-refractivity contribution in [1.82, 2.24) is 25.6 Å². The van der Waals surface area contributed by atoms with Crippen LogP contribution in [0.5, 0.6) is 5.75 Å². The summed E-state index contributed by atoms with van der Waals surface area (Å²) in [5.74, 6) is -0.661. The van der Waals surface area contributed by atoms with Gasteiger partial charge < -0.3 is 25.5 Å². The van der Waals surface area contributed by atoms with Gasteiger partial charge in [-0.25, -0.2) is 18.7 Å². The SMILES string of the molecule is Cc1ccc(OCC2CC2)c(-c2ncnc3c(C(=O)N[C@H]4CC[C@@H](NC(=O)CO)C[C@H]4F)c(C)[nH]c23)c1F. The fourth-order valence-corrected chi connectivity index (χ4v) is 5.01. The zero-order chi connectivity index (χ0) is 27.0. The summed E-state index contributed by atoms with van der Waals surface area (Å²) in [4.78, 5) is 36.5. The summed E-state index contributed by atoms with van der Waals surface area (Å²) >= 11 is 0. The quantitative estimate of drug-likeness (QED) is 0.356. The summed E-state index contributed by atoms with van der Waals surface area (Å²) in [6.07, 6.45) is 2.91. The second-order valence-electron chi connectivity index (χ2n) is 10.2. The molecular formula is C27H31F2N5O4. The van der Waals surface area contributed by atoms with Gasteiger partial charge in [0.05, 0.1) is 29.3 Å². The highest BCUT2D eigenvalue weighted by molar-refractivity contribution is 6.09. The standard InChI is InChI=1S/C27H31F2N5O4/c1-13-3-8-19(38-11-15-4-5-15)22(23(13)29)25-26-24(30-12-31-25)21(14(2)32-26)27(37)34-18-7-6-16(9-17(18)28)33-20(36)10-35/h3,8,12,15-18,32,35H,4-7,9-11H2,1-2H3,(H,33,36)(H,34,37)/t16-,17-,18+/m1/s1. The van der Waals surface area contributed by atoms with Crippen molar-refractivity contribution < 1.29 is 28.2 Å². The zero-order valence-electron chi connectivity index (χ0n) is 21.3. The van der Waals surface area contributed by atoms with Gasteiger partial charge in [0.1, 0.15) is 41.9 Å². The zero-order valence-corrected chi connectivity index (χ0v) is 21.3. The molecular weight excluding hydrogens is 496 g/mol. The molecule has 2 aliphatic rings. The molecule has 3 atom stereocenters. The molecule has 202 valence electrons. The molecule has 0 unspecified atom stereocenters. The summed E-state index contributed by atoms with van der Waals surface area (Å²) in [7, 11) is 0. The number of aliphatic hydroxyl groups excluding tert-OH is 1. The van der Waals surface area contributed by atoms with Crippen molar-refractivity contribution in [2.45, 2.75) is 64.2 Å². The van der Waals surface area contributed by atoms with Gasteiger partial charge in [-0.15, -0.1) is 0 Å². The number of aliphatic hydroxyl groups is 1. The van der Waals surface area contributed by atoms with Crippen LogP contribution in [-0.2, 0) is 4.79 Å². The third kappa shape index (κ3) is 5.20. The highest BCUT2D eigenvalue weighted by Gasteiger charge is 2.34. The van der Waals surface area contributed by atoms with E-state index < -0.39 is 42.5 Å². The van der Waals surface area contributed by atoms with Gasteiger partial charge in [0, 0.05) is 18.2 Å². The lowest BCUT2D eigenvalue weighted by atomic mass is 9.89. The van der Waals surface area contributed by atoms with Gasteiger partial charge in [-0.05, 0) is 57.1 Å². The number of nitrogens with one attached hydrogen (secondary N) is 3. The van der Waals surface area contributed by atoms with E-state index in [0.29, 0.717) is 53.4 Å². The Labute approximate surface area is 218 Å². The minimum Gasteiger partial charge on any atom is -0.492 e. The molecule has 2 fully saturated rings. The Kier molecular flexibility index (Phi) is 7.29. The van der Waals surface area contributed by atoms with Crippen molar-refractivity contribution in [3.05, 3.63) is 41.1 Å². The van der Waals surface area contributed by atoms with Crippen LogP contribution in [0.25, 0.3) is 22.3 Å². The lowest BCUT2D eigenvalue weighted by Gasteiger charge is -2.32. The molecule has 0 bridgehead atoms. The molecule has 3 aromatic rings. The van der Waals surface area contributed by atoms with Gasteiger partial charge >= 0.3 is 0 Å². The highest BCUT2D eigenvalue weighted by Crippen LogP contribution is 2.39. The molecule has 5 rings (SSSR count). The van der Waals surface area contributed by atoms with Crippen molar-refractivity contribution in [2.75, 3.05) is 13.2 Å². The molecule has 2 heterocycles. The number of halogens is 2. The Balaban J connectivity index is 1.42. The van der Waals surface area contributed by atoms with Crippen LogP contribution in [0.3, 0.4) is 0 Å². The predicted octanol–water partition coefficient (Wildman–Crippen LogP) is 3.27. The fourth-order valence-electron chi connectivity index (χ4n) is 5.01. The van der Waals surface area contributed by atoms with Crippen LogP contribution in [-0.4, -0.2) is 63.3 Å². The summed E-state index contributed by atoms with van der Waals surface area (Å²) in [6, 6.07) is 2.25. The average molecular weight is 528 g/mol. The number of ether oxygens (including phenoxy) is 1. The van der Waals surface area contributed by atoms with Gasteiger partial charge in [-0.3, -0.25) is 9.59 Å². The van der Waals surface area contributed by atoms with Gasteiger partial charge in [-0.1, -0.05) is 6.07 Å². The van der Waals surface area contributed by atoms with E-state index >= 15 is 4.39 Å². The molecule has 9 nitrogen and oxygen atoms in total. The number of fused-ring (bicyclic) bond motifs is 1. The van der Waals surface area contributed by atoms with E-state index in [1.54, 1.807) is 26.0 Å². The first-order valence-electron chi connectivity index (χ1n) is 12.9. The first-order chi connectivity index (χ1) is 18.3. The summed E-state index contributed by atoms with van der Waals surface area (Å²) in [6.45, 7) is 3.21. The number of benzene rings is 1. The molecule has 4 N–H and O–H groups in total. The van der Waals surface area contributed by atoms with Crippen LogP contribution in [0.4, 0.5) is 8.78 Å². The number of hydrogen-bond acceptors (Lipinski definition) is 6. The minimum atomic E-state index is -1.38. The molecule has 1 aromatic carbocycles. The number of aromatic nitrogens is 3. The maximum Gasteiger partial charge on any atom is 0.255 e. The van der Waals surface area contributed by atoms with Gasteiger partial charge in [0.2, 0.25) is 5.91 Å². The van der Waals surface area contributed by atoms with Crippen molar-refractivity contribution in [1.29, 1.82) is 0 Å². The first-order valence-corrected chi connectivity index (χ1v) is 12.9. The Hall–Kier alpha value is -3.60. The van der Waals surface area contributed by atoms with Crippen LogP contribution in [0.2, 0.25) is 0 Å². The van der Waals surface area contributed by atoms with Gasteiger partial charge in [0.15, 0.2) is 0 Å². The molecule has 2 aromatic heterocycles. The van der Waals surface area contributed by atoms with Crippen LogP contribution < -0.4 is 15.4 Å². The molecule has 11 heteroatoms. The topological polar surface area (TPSA) is 129 Å². The maximum atomic E-state index is 15.5. The van der Waals surface area contributed by atoms with E-state index in [4.69, 9.17) is 9.84 Å². The van der Waals surface area contributed by atoms with Crippen LogP contribution >= 0.6 is 0 Å². The number of amides is 2. The number of H-pyrrole nitrogens is 1. The molecule has 0 saturated heterocycles. The maximum absolute atomic E-state index is 15.5. The number of aryl methyl sites for hydroxylation is 2. The summed E-state index contributed by atoms with van der Waals surface area (Å²) in [5, 5.41) is 14.3. The van der Waals surface area contributed by atoms with E-state index in [1.165, 1.54) is 6.33 Å². The lowest BCUT2D eigenvalue weighted by Crippen LogP contribution is -2.50. The summed E-state index contributed by atoms with van der Waals surface area (Å²) in [5.41, 5.74) is 2.35. The number of carbonyl (C=O) groups excluding carboxylic acids is 2. The molecule has 38 heavy (non-hydrogen) atoms. The number of carbonyl (C=O) groups is 2. The molecule has 2 amide bonds. The van der Waals surface area contributed by atoms with Crippen LogP contribution in [0, 0.1) is 25.6 Å². The molecule has 2 saturated carbocycles. The normalized spacial score (nSPS) is 21.3. The lowest BCUT2D eigenvalue weighted by molar-refractivity contribution is -0.124. The molecule has 0 aliphatic heterocycles. The Morgan fingerprint density at radius 2 is 1.95 bits per heavy atom. The van der Waals surface area contributed by atoms with E-state index in [0.717, 1.165) is 12.8 Å². The average Bonchev–Trinajstić information content (AvgIpc) is 3.66. The van der Waals surface area contributed by atoms with Crippen molar-refractivity contribution in [3.63, 3.8) is 0 Å².